The van der Waals surface area contributed by atoms with Gasteiger partial charge in [-0.25, -0.2) is 4.79 Å². The Morgan fingerprint density at radius 1 is 1.38 bits per heavy atom. The lowest BCUT2D eigenvalue weighted by atomic mass is 10.0. The van der Waals surface area contributed by atoms with Gasteiger partial charge in [0.05, 0.1) is 25.0 Å². The first kappa shape index (κ1) is 20.8. The van der Waals surface area contributed by atoms with Crippen LogP contribution < -0.4 is 10.1 Å². The highest BCUT2D eigenvalue weighted by molar-refractivity contribution is 6.31. The highest BCUT2D eigenvalue weighted by Crippen LogP contribution is 2.35. The topological polar surface area (TPSA) is 96.7 Å². The number of anilines is 1. The molecule has 0 unspecified atom stereocenters. The van der Waals surface area contributed by atoms with Gasteiger partial charge in [0.2, 0.25) is 5.91 Å². The van der Waals surface area contributed by atoms with Crippen LogP contribution in [-0.4, -0.2) is 45.4 Å². The molecule has 0 aliphatic carbocycles. The van der Waals surface area contributed by atoms with Crippen LogP contribution >= 0.6 is 11.6 Å². The van der Waals surface area contributed by atoms with Crippen molar-refractivity contribution in [1.29, 1.82) is 0 Å². The fraction of sp³-hybridized carbons (Fsp3) is 0.353. The van der Waals surface area contributed by atoms with Crippen LogP contribution in [0, 0.1) is 0 Å². The molecule has 0 radical (unpaired) electrons. The Morgan fingerprint density at radius 3 is 2.72 bits per heavy atom. The Morgan fingerprint density at radius 2 is 2.10 bits per heavy atom. The number of methoxy groups -OCH3 is 1. The summed E-state index contributed by atoms with van der Waals surface area (Å²) in [5.74, 6) is -0.352. The number of nitrogens with one attached hydrogen (secondary N) is 1. The first-order valence-electron chi connectivity index (χ1n) is 8.37. The summed E-state index contributed by atoms with van der Waals surface area (Å²) in [4.78, 5) is 24.6. The maximum atomic E-state index is 13.3. The fourth-order valence-electron chi connectivity index (χ4n) is 3.11. The van der Waals surface area contributed by atoms with Crippen LogP contribution in [0.25, 0.3) is 0 Å². The van der Waals surface area contributed by atoms with Crippen LogP contribution in [0.1, 0.15) is 17.0 Å². The second kappa shape index (κ2) is 7.82. The number of amides is 2. The number of carbonyl (C=O) groups excluding carboxylic acids is 1. The van der Waals surface area contributed by atoms with Crippen LogP contribution in [0.2, 0.25) is 5.02 Å². The van der Waals surface area contributed by atoms with Crippen molar-refractivity contribution in [3.05, 3.63) is 40.2 Å². The molecule has 0 saturated heterocycles. The molecule has 0 spiro atoms. The van der Waals surface area contributed by atoms with Crippen molar-refractivity contribution >= 4 is 29.3 Å². The molecule has 0 saturated carbocycles. The number of carboxylic acid groups (broad SMARTS) is 1. The number of benzene rings is 1. The highest BCUT2D eigenvalue weighted by atomic mass is 35.5. The quantitative estimate of drug-likeness (QED) is 0.773. The van der Waals surface area contributed by atoms with Gasteiger partial charge in [-0.05, 0) is 24.6 Å². The average Bonchev–Trinajstić information content (AvgIpc) is 3.00. The average molecular weight is 433 g/mol. The Labute approximate surface area is 167 Å². The number of nitrogens with zero attached hydrogens (tertiary/aromatic N) is 3. The number of alkyl halides is 3. The molecule has 2 heterocycles. The molecule has 0 atom stereocenters. The van der Waals surface area contributed by atoms with Crippen molar-refractivity contribution < 1.29 is 32.6 Å². The lowest BCUT2D eigenvalue weighted by Gasteiger charge is -2.25. The van der Waals surface area contributed by atoms with Gasteiger partial charge < -0.3 is 20.1 Å². The molecule has 0 fully saturated rings. The van der Waals surface area contributed by atoms with Crippen molar-refractivity contribution in [2.75, 3.05) is 19.0 Å². The number of hydrogen-bond acceptors (Lipinski definition) is 4. The number of halogens is 4. The van der Waals surface area contributed by atoms with Crippen molar-refractivity contribution in [3.63, 3.8) is 0 Å². The van der Waals surface area contributed by atoms with E-state index in [1.54, 1.807) is 6.07 Å². The molecule has 3 rings (SSSR count). The maximum absolute atomic E-state index is 13.3. The minimum Gasteiger partial charge on any atom is -0.495 e. The SMILES string of the molecule is COc1ccc(Cl)cc1NC(=O)Cn1nc(C(F)(F)F)c2c1CN(C(=O)O)CC2. The van der Waals surface area contributed by atoms with Gasteiger partial charge in [-0.3, -0.25) is 9.48 Å². The molecule has 12 heteroatoms. The van der Waals surface area contributed by atoms with E-state index in [-0.39, 0.29) is 36.5 Å². The normalized spacial score (nSPS) is 13.8. The number of ether oxygens (including phenoxy) is 1. The van der Waals surface area contributed by atoms with E-state index >= 15 is 0 Å². The zero-order valence-corrected chi connectivity index (χ0v) is 15.8. The van der Waals surface area contributed by atoms with Crippen LogP contribution in [0.4, 0.5) is 23.7 Å². The van der Waals surface area contributed by atoms with Crippen LogP contribution in [-0.2, 0) is 30.5 Å². The van der Waals surface area contributed by atoms with Gasteiger partial charge in [-0.2, -0.15) is 18.3 Å². The molecule has 2 amide bonds. The fourth-order valence-corrected chi connectivity index (χ4v) is 3.28. The third-order valence-electron chi connectivity index (χ3n) is 4.41. The second-order valence-corrected chi connectivity index (χ2v) is 6.71. The van der Waals surface area contributed by atoms with E-state index in [1.165, 1.54) is 19.2 Å². The second-order valence-electron chi connectivity index (χ2n) is 6.28. The summed E-state index contributed by atoms with van der Waals surface area (Å²) in [6.45, 7) is -0.911. The van der Waals surface area contributed by atoms with E-state index in [4.69, 9.17) is 21.4 Å². The highest BCUT2D eigenvalue weighted by Gasteiger charge is 2.41. The van der Waals surface area contributed by atoms with Crippen molar-refractivity contribution in [2.45, 2.75) is 25.7 Å². The third kappa shape index (κ3) is 4.39. The number of carbonyl (C=O) groups is 2. The van der Waals surface area contributed by atoms with Gasteiger partial charge in [0.1, 0.15) is 12.3 Å². The first-order chi connectivity index (χ1) is 13.6. The lowest BCUT2D eigenvalue weighted by molar-refractivity contribution is -0.142. The van der Waals surface area contributed by atoms with Crippen LogP contribution in [0.15, 0.2) is 18.2 Å². The molecule has 2 N–H and O–H groups in total. The molecule has 1 aromatic carbocycles. The summed E-state index contributed by atoms with van der Waals surface area (Å²) in [5, 5.41) is 15.5. The molecule has 0 bridgehead atoms. The summed E-state index contributed by atoms with van der Waals surface area (Å²) in [6.07, 6.45) is -6.11. The van der Waals surface area contributed by atoms with Crippen molar-refractivity contribution in [2.24, 2.45) is 0 Å². The first-order valence-corrected chi connectivity index (χ1v) is 8.75. The monoisotopic (exact) mass is 432 g/mol. The molecule has 8 nitrogen and oxygen atoms in total. The predicted molar refractivity (Wildman–Crippen MR) is 96.0 cm³/mol. The number of fused-ring (bicyclic) bond motifs is 1. The van der Waals surface area contributed by atoms with E-state index in [9.17, 15) is 22.8 Å². The number of hydrogen-bond donors (Lipinski definition) is 2. The molecular formula is C17H16ClF3N4O4. The van der Waals surface area contributed by atoms with Gasteiger partial charge in [-0.1, -0.05) is 11.6 Å². The molecule has 156 valence electrons. The Balaban J connectivity index is 1.89. The van der Waals surface area contributed by atoms with E-state index in [1.807, 2.05) is 0 Å². The smallest absolute Gasteiger partial charge is 0.435 e. The van der Waals surface area contributed by atoms with Gasteiger partial charge in [0, 0.05) is 17.1 Å². The zero-order chi connectivity index (χ0) is 21.3. The number of aromatic nitrogens is 2. The maximum Gasteiger partial charge on any atom is 0.435 e. The summed E-state index contributed by atoms with van der Waals surface area (Å²) < 4.78 is 46.0. The van der Waals surface area contributed by atoms with Crippen molar-refractivity contribution in [3.8, 4) is 5.75 Å². The van der Waals surface area contributed by atoms with Gasteiger partial charge in [-0.15, -0.1) is 0 Å². The predicted octanol–water partition coefficient (Wildman–Crippen LogP) is 3.24. The third-order valence-corrected chi connectivity index (χ3v) is 4.64. The van der Waals surface area contributed by atoms with Crippen molar-refractivity contribution in [1.82, 2.24) is 14.7 Å². The number of rotatable bonds is 4. The standard InChI is InChI=1S/C17H16ClF3N4O4/c1-29-13-3-2-9(18)6-11(13)22-14(26)8-25-12-7-24(16(27)28)5-4-10(12)15(23-25)17(19,20)21/h2-3,6H,4-5,7-8H2,1H3,(H,22,26)(H,27,28). The van der Waals surface area contributed by atoms with Gasteiger partial charge in [0.15, 0.2) is 5.69 Å². The van der Waals surface area contributed by atoms with E-state index in [2.05, 4.69) is 10.4 Å². The Kier molecular flexibility index (Phi) is 5.60. The minimum absolute atomic E-state index is 0.0409. The molecule has 1 aliphatic heterocycles. The summed E-state index contributed by atoms with van der Waals surface area (Å²) in [5.41, 5.74) is -0.915. The molecule has 1 aromatic heterocycles. The largest absolute Gasteiger partial charge is 0.495 e. The lowest BCUT2D eigenvalue weighted by Crippen LogP contribution is -2.36. The molecule has 29 heavy (non-hydrogen) atoms. The van der Waals surface area contributed by atoms with Crippen LogP contribution in [0.3, 0.4) is 0 Å². The molecule has 1 aliphatic rings. The van der Waals surface area contributed by atoms with E-state index in [0.29, 0.717) is 10.8 Å². The zero-order valence-electron chi connectivity index (χ0n) is 15.1. The van der Waals surface area contributed by atoms with Crippen LogP contribution in [0.5, 0.6) is 5.75 Å². The van der Waals surface area contributed by atoms with E-state index < -0.39 is 30.4 Å². The van der Waals surface area contributed by atoms with Gasteiger partial charge in [0.25, 0.3) is 0 Å². The summed E-state index contributed by atoms with van der Waals surface area (Å²) >= 11 is 5.90. The molecule has 2 aromatic rings. The van der Waals surface area contributed by atoms with Gasteiger partial charge >= 0.3 is 12.3 Å². The molecular weight excluding hydrogens is 417 g/mol. The summed E-state index contributed by atoms with van der Waals surface area (Å²) in [7, 11) is 1.39. The Hall–Kier alpha value is -2.95. The summed E-state index contributed by atoms with van der Waals surface area (Å²) in [6, 6.07) is 4.51. The Bertz CT molecular complexity index is 961. The van der Waals surface area contributed by atoms with E-state index in [0.717, 1.165) is 9.58 Å². The minimum atomic E-state index is -4.71.